The van der Waals surface area contributed by atoms with E-state index in [2.05, 4.69) is 0 Å². The van der Waals surface area contributed by atoms with Crippen molar-refractivity contribution in [2.45, 2.75) is 24.7 Å². The van der Waals surface area contributed by atoms with Crippen LogP contribution in [0.4, 0.5) is 8.78 Å². The smallest absolute Gasteiger partial charge is 0.262 e. The van der Waals surface area contributed by atoms with Crippen molar-refractivity contribution in [1.29, 1.82) is 0 Å². The van der Waals surface area contributed by atoms with E-state index >= 15 is 0 Å². The number of hydrogen-bond acceptors (Lipinski definition) is 3. The predicted octanol–water partition coefficient (Wildman–Crippen LogP) is 2.76. The zero-order valence-corrected chi connectivity index (χ0v) is 12.6. The van der Waals surface area contributed by atoms with E-state index in [0.717, 1.165) is 6.42 Å². The maximum Gasteiger partial charge on any atom is 0.262 e. The summed E-state index contributed by atoms with van der Waals surface area (Å²) < 4.78 is 49.1. The van der Waals surface area contributed by atoms with Crippen molar-refractivity contribution in [3.8, 4) is 0 Å². The van der Waals surface area contributed by atoms with Crippen LogP contribution in [0.2, 0.25) is 0 Å². The fraction of sp³-hybridized carbons (Fsp3) is 0.417. The second kappa shape index (κ2) is 6.49. The highest BCUT2D eigenvalue weighted by atomic mass is 35.7. The number of rotatable bonds is 5. The van der Waals surface area contributed by atoms with Gasteiger partial charge in [-0.3, -0.25) is 4.79 Å². The van der Waals surface area contributed by atoms with Gasteiger partial charge < -0.3 is 4.90 Å². The highest BCUT2D eigenvalue weighted by Crippen LogP contribution is 2.24. The number of benzene rings is 1. The molecule has 1 aromatic carbocycles. The number of carbonyl (C=O) groups excluding carboxylic acids is 1. The standard InChI is InChI=1S/C12H14ClF2NO3S/c1-3-4-5-16(2)12(17)8-6-9(14)10(15)7-11(8)20(13,18)19/h6-7H,3-5H2,1-2H3. The molecule has 0 bridgehead atoms. The Bertz CT molecular complexity index is 619. The fourth-order valence-electron chi connectivity index (χ4n) is 1.60. The first-order valence-electron chi connectivity index (χ1n) is 5.87. The summed E-state index contributed by atoms with van der Waals surface area (Å²) >= 11 is 0. The molecule has 1 aromatic rings. The van der Waals surface area contributed by atoms with Crippen LogP contribution in [0.3, 0.4) is 0 Å². The summed E-state index contributed by atoms with van der Waals surface area (Å²) in [5, 5.41) is 0. The molecule has 1 amide bonds. The SMILES string of the molecule is CCCCN(C)C(=O)c1cc(F)c(F)cc1S(=O)(=O)Cl. The second-order valence-corrected chi connectivity index (χ2v) is 6.81. The van der Waals surface area contributed by atoms with Gasteiger partial charge in [-0.15, -0.1) is 0 Å². The molecule has 0 aliphatic carbocycles. The third-order valence-electron chi connectivity index (χ3n) is 2.71. The van der Waals surface area contributed by atoms with Gasteiger partial charge in [-0.1, -0.05) is 13.3 Å². The molecule has 0 atom stereocenters. The average Bonchev–Trinajstić information content (AvgIpc) is 2.36. The van der Waals surface area contributed by atoms with Crippen LogP contribution in [0.1, 0.15) is 30.1 Å². The molecule has 0 unspecified atom stereocenters. The topological polar surface area (TPSA) is 54.5 Å². The summed E-state index contributed by atoms with van der Waals surface area (Å²) in [5.41, 5.74) is -0.475. The average molecular weight is 326 g/mol. The summed E-state index contributed by atoms with van der Waals surface area (Å²) in [6.07, 6.45) is 1.53. The molecular weight excluding hydrogens is 312 g/mol. The van der Waals surface area contributed by atoms with Crippen LogP contribution in [-0.2, 0) is 9.05 Å². The van der Waals surface area contributed by atoms with Crippen LogP contribution in [0.5, 0.6) is 0 Å². The lowest BCUT2D eigenvalue weighted by Crippen LogP contribution is -2.29. The van der Waals surface area contributed by atoms with E-state index < -0.39 is 37.1 Å². The van der Waals surface area contributed by atoms with Gasteiger partial charge in [0.2, 0.25) is 0 Å². The molecule has 112 valence electrons. The van der Waals surface area contributed by atoms with Crippen LogP contribution < -0.4 is 0 Å². The molecule has 0 aromatic heterocycles. The second-order valence-electron chi connectivity index (χ2n) is 4.28. The van der Waals surface area contributed by atoms with Crippen molar-refractivity contribution >= 4 is 25.6 Å². The number of halogens is 3. The van der Waals surface area contributed by atoms with Crippen molar-refractivity contribution in [3.63, 3.8) is 0 Å². The molecule has 4 nitrogen and oxygen atoms in total. The molecule has 0 aliphatic heterocycles. The number of amides is 1. The minimum absolute atomic E-state index is 0.371. The van der Waals surface area contributed by atoms with E-state index in [1.54, 1.807) is 0 Å². The van der Waals surface area contributed by atoms with Crippen molar-refractivity contribution in [2.75, 3.05) is 13.6 Å². The number of unbranched alkanes of at least 4 members (excludes halogenated alkanes) is 1. The third-order valence-corrected chi connectivity index (χ3v) is 4.07. The summed E-state index contributed by atoms with van der Waals surface area (Å²) in [6.45, 7) is 2.29. The maximum absolute atomic E-state index is 13.2. The van der Waals surface area contributed by atoms with E-state index in [1.807, 2.05) is 6.92 Å². The first-order valence-corrected chi connectivity index (χ1v) is 8.18. The Balaban J connectivity index is 3.29. The van der Waals surface area contributed by atoms with Crippen molar-refractivity contribution < 1.29 is 22.0 Å². The van der Waals surface area contributed by atoms with Gasteiger partial charge in [0, 0.05) is 24.3 Å². The lowest BCUT2D eigenvalue weighted by atomic mass is 10.2. The quantitative estimate of drug-likeness (QED) is 0.782. The Hall–Kier alpha value is -1.21. The van der Waals surface area contributed by atoms with Gasteiger partial charge >= 0.3 is 0 Å². The monoisotopic (exact) mass is 325 g/mol. The normalized spacial score (nSPS) is 11.4. The van der Waals surface area contributed by atoms with E-state index in [0.29, 0.717) is 25.1 Å². The van der Waals surface area contributed by atoms with E-state index in [4.69, 9.17) is 10.7 Å². The van der Waals surface area contributed by atoms with Crippen LogP contribution in [0.15, 0.2) is 17.0 Å². The summed E-state index contributed by atoms with van der Waals surface area (Å²) in [4.78, 5) is 12.6. The Labute approximate surface area is 120 Å². The molecule has 0 saturated carbocycles. The first kappa shape index (κ1) is 16.8. The van der Waals surface area contributed by atoms with Gasteiger partial charge in [-0.2, -0.15) is 0 Å². The summed E-state index contributed by atoms with van der Waals surface area (Å²) in [6, 6.07) is 0.966. The van der Waals surface area contributed by atoms with Gasteiger partial charge in [0.25, 0.3) is 15.0 Å². The number of carbonyl (C=O) groups is 1. The van der Waals surface area contributed by atoms with Gasteiger partial charge in [-0.05, 0) is 18.6 Å². The van der Waals surface area contributed by atoms with Gasteiger partial charge in [0.15, 0.2) is 11.6 Å². The molecule has 0 aliphatic rings. The largest absolute Gasteiger partial charge is 0.342 e. The van der Waals surface area contributed by atoms with E-state index in [1.165, 1.54) is 11.9 Å². The molecule has 8 heteroatoms. The molecule has 0 fully saturated rings. The predicted molar refractivity (Wildman–Crippen MR) is 71.3 cm³/mol. The highest BCUT2D eigenvalue weighted by Gasteiger charge is 2.25. The Morgan fingerprint density at radius 3 is 2.35 bits per heavy atom. The molecule has 0 N–H and O–H groups in total. The van der Waals surface area contributed by atoms with E-state index in [-0.39, 0.29) is 0 Å². The number of nitrogens with zero attached hydrogens (tertiary/aromatic N) is 1. The molecular formula is C12H14ClF2NO3S. The molecule has 0 saturated heterocycles. The Kier molecular flexibility index (Phi) is 5.47. The number of hydrogen-bond donors (Lipinski definition) is 0. The van der Waals surface area contributed by atoms with Crippen LogP contribution in [0.25, 0.3) is 0 Å². The molecule has 20 heavy (non-hydrogen) atoms. The van der Waals surface area contributed by atoms with Gasteiger partial charge in [0.05, 0.1) is 10.5 Å². The first-order chi connectivity index (χ1) is 9.18. The Morgan fingerprint density at radius 1 is 1.30 bits per heavy atom. The van der Waals surface area contributed by atoms with Crippen molar-refractivity contribution in [1.82, 2.24) is 4.90 Å². The maximum atomic E-state index is 13.2. The lowest BCUT2D eigenvalue weighted by molar-refractivity contribution is 0.0789. The fourth-order valence-corrected chi connectivity index (χ4v) is 2.64. The molecule has 0 spiro atoms. The van der Waals surface area contributed by atoms with Gasteiger partial charge in [0.1, 0.15) is 0 Å². The third kappa shape index (κ3) is 3.89. The summed E-state index contributed by atoms with van der Waals surface area (Å²) in [5.74, 6) is -3.41. The van der Waals surface area contributed by atoms with Crippen molar-refractivity contribution in [3.05, 3.63) is 29.3 Å². The zero-order valence-electron chi connectivity index (χ0n) is 11.0. The highest BCUT2D eigenvalue weighted by molar-refractivity contribution is 8.13. The summed E-state index contributed by atoms with van der Waals surface area (Å²) in [7, 11) is 2.25. The molecule has 1 rings (SSSR count). The van der Waals surface area contributed by atoms with Crippen LogP contribution in [0, 0.1) is 11.6 Å². The van der Waals surface area contributed by atoms with E-state index in [9.17, 15) is 22.0 Å². The molecule has 0 radical (unpaired) electrons. The lowest BCUT2D eigenvalue weighted by Gasteiger charge is -2.18. The Morgan fingerprint density at radius 2 is 1.85 bits per heavy atom. The molecule has 0 heterocycles. The van der Waals surface area contributed by atoms with Gasteiger partial charge in [-0.25, -0.2) is 17.2 Å². The zero-order chi connectivity index (χ0) is 15.5. The van der Waals surface area contributed by atoms with Crippen LogP contribution >= 0.6 is 10.7 Å². The van der Waals surface area contributed by atoms with Crippen molar-refractivity contribution in [2.24, 2.45) is 0 Å². The minimum Gasteiger partial charge on any atom is -0.342 e. The van der Waals surface area contributed by atoms with Crippen LogP contribution in [-0.4, -0.2) is 32.8 Å². The minimum atomic E-state index is -4.35.